The summed E-state index contributed by atoms with van der Waals surface area (Å²) in [5.41, 5.74) is 0.534. The van der Waals surface area contributed by atoms with Crippen LogP contribution in [-0.4, -0.2) is 19.3 Å². The molecule has 0 spiro atoms. The lowest BCUT2D eigenvalue weighted by atomic mass is 9.98. The van der Waals surface area contributed by atoms with Crippen LogP contribution >= 0.6 is 0 Å². The standard InChI is InChI=1S/C15H16O4S/c1-2-3-6-12-9-11-7-4-5-8-13(11)14(10-16)15(12)20(17,18)19/h4-5,7-10H,2-3,6H2,1H3,(H,17,18,19). The van der Waals surface area contributed by atoms with Crippen molar-refractivity contribution >= 4 is 27.2 Å². The summed E-state index contributed by atoms with van der Waals surface area (Å²) >= 11 is 0. The average Bonchev–Trinajstić information content (AvgIpc) is 2.42. The minimum absolute atomic E-state index is 0.0386. The van der Waals surface area contributed by atoms with E-state index in [2.05, 4.69) is 0 Å². The summed E-state index contributed by atoms with van der Waals surface area (Å²) in [7, 11) is -4.43. The first-order chi connectivity index (χ1) is 9.49. The second kappa shape index (κ2) is 5.73. The van der Waals surface area contributed by atoms with Crippen LogP contribution in [-0.2, 0) is 16.5 Å². The normalized spacial score (nSPS) is 11.7. The van der Waals surface area contributed by atoms with E-state index in [1.54, 1.807) is 18.2 Å². The monoisotopic (exact) mass is 292 g/mol. The smallest absolute Gasteiger partial charge is 0.295 e. The van der Waals surface area contributed by atoms with Crippen LogP contribution in [0.2, 0.25) is 0 Å². The molecule has 0 atom stereocenters. The van der Waals surface area contributed by atoms with Gasteiger partial charge in [0.15, 0.2) is 6.29 Å². The fourth-order valence-electron chi connectivity index (χ4n) is 2.39. The van der Waals surface area contributed by atoms with E-state index >= 15 is 0 Å². The van der Waals surface area contributed by atoms with Crippen molar-refractivity contribution in [1.29, 1.82) is 0 Å². The Balaban J connectivity index is 2.85. The zero-order chi connectivity index (χ0) is 14.8. The molecule has 0 aliphatic rings. The molecule has 0 aliphatic carbocycles. The molecule has 0 amide bonds. The Labute approximate surface area is 118 Å². The number of carbonyl (C=O) groups is 1. The van der Waals surface area contributed by atoms with E-state index in [4.69, 9.17) is 0 Å². The molecule has 2 aromatic carbocycles. The first-order valence-corrected chi connectivity index (χ1v) is 7.90. The predicted molar refractivity (Wildman–Crippen MR) is 77.8 cm³/mol. The summed E-state index contributed by atoms with van der Waals surface area (Å²) < 4.78 is 32.7. The van der Waals surface area contributed by atoms with E-state index in [0.717, 1.165) is 18.2 Å². The van der Waals surface area contributed by atoms with Crippen molar-refractivity contribution in [3.8, 4) is 0 Å². The number of rotatable bonds is 5. The highest BCUT2D eigenvalue weighted by Crippen LogP contribution is 2.29. The molecular weight excluding hydrogens is 276 g/mol. The van der Waals surface area contributed by atoms with Crippen molar-refractivity contribution in [3.05, 3.63) is 41.5 Å². The molecule has 106 valence electrons. The zero-order valence-corrected chi connectivity index (χ0v) is 12.0. The highest BCUT2D eigenvalue weighted by molar-refractivity contribution is 7.86. The van der Waals surface area contributed by atoms with Crippen molar-refractivity contribution in [3.63, 3.8) is 0 Å². The lowest BCUT2D eigenvalue weighted by Gasteiger charge is -2.12. The number of hydrogen-bond acceptors (Lipinski definition) is 3. The van der Waals surface area contributed by atoms with E-state index < -0.39 is 10.1 Å². The van der Waals surface area contributed by atoms with Crippen LogP contribution in [0.4, 0.5) is 0 Å². The summed E-state index contributed by atoms with van der Waals surface area (Å²) in [6.45, 7) is 1.99. The molecule has 0 saturated heterocycles. The van der Waals surface area contributed by atoms with Gasteiger partial charge in [-0.15, -0.1) is 0 Å². The van der Waals surface area contributed by atoms with E-state index in [-0.39, 0.29) is 10.5 Å². The van der Waals surface area contributed by atoms with Crippen LogP contribution in [0.5, 0.6) is 0 Å². The maximum absolute atomic E-state index is 11.6. The number of carbonyl (C=O) groups excluding carboxylic acids is 1. The Hall–Kier alpha value is -1.72. The molecule has 0 heterocycles. The van der Waals surface area contributed by atoms with Crippen molar-refractivity contribution in [1.82, 2.24) is 0 Å². The molecule has 0 fully saturated rings. The highest BCUT2D eigenvalue weighted by atomic mass is 32.2. The summed E-state index contributed by atoms with van der Waals surface area (Å²) in [6, 6.07) is 8.80. The third-order valence-electron chi connectivity index (χ3n) is 3.29. The van der Waals surface area contributed by atoms with Crippen molar-refractivity contribution in [2.24, 2.45) is 0 Å². The Morgan fingerprint density at radius 3 is 2.55 bits per heavy atom. The maximum atomic E-state index is 11.6. The van der Waals surface area contributed by atoms with Gasteiger partial charge in [0.2, 0.25) is 0 Å². The topological polar surface area (TPSA) is 71.4 Å². The van der Waals surface area contributed by atoms with Crippen LogP contribution in [0, 0.1) is 0 Å². The van der Waals surface area contributed by atoms with Crippen molar-refractivity contribution < 1.29 is 17.8 Å². The highest BCUT2D eigenvalue weighted by Gasteiger charge is 2.22. The van der Waals surface area contributed by atoms with Crippen molar-refractivity contribution in [2.75, 3.05) is 0 Å². The van der Waals surface area contributed by atoms with Gasteiger partial charge in [0.05, 0.1) is 0 Å². The number of fused-ring (bicyclic) bond motifs is 1. The number of aryl methyl sites for hydroxylation is 1. The molecule has 1 N–H and O–H groups in total. The summed E-state index contributed by atoms with van der Waals surface area (Å²) in [5, 5.41) is 1.34. The first kappa shape index (κ1) is 14.7. The third-order valence-corrected chi connectivity index (χ3v) is 4.29. The summed E-state index contributed by atoms with van der Waals surface area (Å²) in [5.74, 6) is 0. The molecular formula is C15H16O4S. The number of benzene rings is 2. The molecule has 0 aliphatic heterocycles. The average molecular weight is 292 g/mol. The predicted octanol–water partition coefficient (Wildman–Crippen LogP) is 3.24. The quantitative estimate of drug-likeness (QED) is 0.678. The Bertz CT molecular complexity index is 748. The lowest BCUT2D eigenvalue weighted by Crippen LogP contribution is -2.08. The molecule has 0 saturated carbocycles. The summed E-state index contributed by atoms with van der Waals surface area (Å²) in [4.78, 5) is 11.1. The number of aldehydes is 1. The fraction of sp³-hybridized carbons (Fsp3) is 0.267. The molecule has 0 aromatic heterocycles. The van der Waals surface area contributed by atoms with E-state index in [9.17, 15) is 17.8 Å². The van der Waals surface area contributed by atoms with Crippen LogP contribution in [0.3, 0.4) is 0 Å². The second-order valence-electron chi connectivity index (χ2n) is 4.70. The van der Waals surface area contributed by atoms with E-state index in [1.807, 2.05) is 19.1 Å². The van der Waals surface area contributed by atoms with Gasteiger partial charge in [-0.25, -0.2) is 0 Å². The summed E-state index contributed by atoms with van der Waals surface area (Å²) in [6.07, 6.45) is 2.70. The fourth-order valence-corrected chi connectivity index (χ4v) is 3.32. The molecule has 0 radical (unpaired) electrons. The second-order valence-corrected chi connectivity index (χ2v) is 6.05. The van der Waals surface area contributed by atoms with Gasteiger partial charge in [-0.3, -0.25) is 9.35 Å². The maximum Gasteiger partial charge on any atom is 0.295 e. The Kier molecular flexibility index (Phi) is 4.20. The van der Waals surface area contributed by atoms with Gasteiger partial charge in [-0.05, 0) is 35.2 Å². The molecule has 0 bridgehead atoms. The Morgan fingerprint density at radius 2 is 1.95 bits per heavy atom. The lowest BCUT2D eigenvalue weighted by molar-refractivity contribution is 0.112. The van der Waals surface area contributed by atoms with Gasteiger partial charge in [0.1, 0.15) is 4.90 Å². The largest absolute Gasteiger partial charge is 0.298 e. The van der Waals surface area contributed by atoms with Crippen molar-refractivity contribution in [2.45, 2.75) is 31.1 Å². The van der Waals surface area contributed by atoms with Gasteiger partial charge in [-0.1, -0.05) is 37.6 Å². The first-order valence-electron chi connectivity index (χ1n) is 6.46. The van der Waals surface area contributed by atoms with Gasteiger partial charge < -0.3 is 0 Å². The minimum atomic E-state index is -4.43. The zero-order valence-electron chi connectivity index (χ0n) is 11.2. The van der Waals surface area contributed by atoms with E-state index in [1.165, 1.54) is 0 Å². The number of hydrogen-bond donors (Lipinski definition) is 1. The Morgan fingerprint density at radius 1 is 1.25 bits per heavy atom. The molecule has 4 nitrogen and oxygen atoms in total. The molecule has 20 heavy (non-hydrogen) atoms. The van der Waals surface area contributed by atoms with Gasteiger partial charge in [0.25, 0.3) is 10.1 Å². The van der Waals surface area contributed by atoms with Crippen LogP contribution < -0.4 is 0 Å². The van der Waals surface area contributed by atoms with Crippen LogP contribution in [0.1, 0.15) is 35.7 Å². The number of unbranched alkanes of at least 4 members (excludes halogenated alkanes) is 1. The van der Waals surface area contributed by atoms with Crippen LogP contribution in [0.25, 0.3) is 10.8 Å². The van der Waals surface area contributed by atoms with Gasteiger partial charge >= 0.3 is 0 Å². The molecule has 2 rings (SSSR count). The molecule has 5 heteroatoms. The van der Waals surface area contributed by atoms with Gasteiger partial charge in [0, 0.05) is 5.56 Å². The SMILES string of the molecule is CCCCc1cc2ccccc2c(C=O)c1S(=O)(=O)O. The molecule has 2 aromatic rings. The molecule has 0 unspecified atom stereocenters. The van der Waals surface area contributed by atoms with Gasteiger partial charge in [-0.2, -0.15) is 8.42 Å². The van der Waals surface area contributed by atoms with E-state index in [0.29, 0.717) is 23.7 Å². The third kappa shape index (κ3) is 2.73. The van der Waals surface area contributed by atoms with Crippen LogP contribution in [0.15, 0.2) is 35.2 Å². The minimum Gasteiger partial charge on any atom is -0.298 e.